The van der Waals surface area contributed by atoms with Gasteiger partial charge in [0, 0.05) is 17.0 Å². The fourth-order valence-electron chi connectivity index (χ4n) is 1.51. The topological polar surface area (TPSA) is 37.8 Å². The van der Waals surface area contributed by atoms with Crippen LogP contribution in [0, 0.1) is 6.92 Å². The zero-order chi connectivity index (χ0) is 13.9. The number of nitrogens with zero attached hydrogens (tertiary/aromatic N) is 2. The SMILES string of the molecule is C=CCC(C)Nc1nc(C(C)(C)C)nc(Cl)c1C. The molecule has 0 saturated carbocycles. The zero-order valence-corrected chi connectivity index (χ0v) is 12.6. The van der Waals surface area contributed by atoms with Gasteiger partial charge >= 0.3 is 0 Å². The molecule has 0 aliphatic heterocycles. The van der Waals surface area contributed by atoms with Crippen LogP contribution in [0.5, 0.6) is 0 Å². The maximum atomic E-state index is 6.17. The molecule has 1 unspecified atom stereocenters. The van der Waals surface area contributed by atoms with Crippen molar-refractivity contribution in [2.75, 3.05) is 5.32 Å². The second kappa shape index (κ2) is 5.70. The van der Waals surface area contributed by atoms with Crippen LogP contribution < -0.4 is 5.32 Å². The lowest BCUT2D eigenvalue weighted by Crippen LogP contribution is -2.21. The highest BCUT2D eigenvalue weighted by atomic mass is 35.5. The van der Waals surface area contributed by atoms with Crippen molar-refractivity contribution in [1.82, 2.24) is 9.97 Å². The largest absolute Gasteiger partial charge is 0.367 e. The lowest BCUT2D eigenvalue weighted by atomic mass is 9.95. The molecule has 0 aromatic carbocycles. The summed E-state index contributed by atoms with van der Waals surface area (Å²) < 4.78 is 0. The maximum Gasteiger partial charge on any atom is 0.137 e. The van der Waals surface area contributed by atoms with Crippen molar-refractivity contribution < 1.29 is 0 Å². The van der Waals surface area contributed by atoms with Crippen molar-refractivity contribution in [2.24, 2.45) is 0 Å². The molecule has 0 saturated heterocycles. The molecule has 0 spiro atoms. The molecule has 1 atom stereocenters. The van der Waals surface area contributed by atoms with Gasteiger partial charge in [0.2, 0.25) is 0 Å². The van der Waals surface area contributed by atoms with Crippen molar-refractivity contribution in [3.63, 3.8) is 0 Å². The van der Waals surface area contributed by atoms with E-state index in [2.05, 4.69) is 49.6 Å². The van der Waals surface area contributed by atoms with Gasteiger partial charge in [0.05, 0.1) is 0 Å². The van der Waals surface area contributed by atoms with Gasteiger partial charge in [0.25, 0.3) is 0 Å². The van der Waals surface area contributed by atoms with Gasteiger partial charge in [-0.3, -0.25) is 0 Å². The highest BCUT2D eigenvalue weighted by Crippen LogP contribution is 2.26. The number of hydrogen-bond donors (Lipinski definition) is 1. The van der Waals surface area contributed by atoms with Gasteiger partial charge in [-0.15, -0.1) is 6.58 Å². The summed E-state index contributed by atoms with van der Waals surface area (Å²) in [6, 6.07) is 0.278. The van der Waals surface area contributed by atoms with E-state index in [1.807, 2.05) is 13.0 Å². The summed E-state index contributed by atoms with van der Waals surface area (Å²) in [7, 11) is 0. The minimum atomic E-state index is -0.116. The third-order valence-electron chi connectivity index (χ3n) is 2.66. The van der Waals surface area contributed by atoms with Crippen LogP contribution in [-0.4, -0.2) is 16.0 Å². The molecular formula is C14H22ClN3. The molecular weight excluding hydrogens is 246 g/mol. The number of nitrogens with one attached hydrogen (secondary N) is 1. The molecule has 0 radical (unpaired) electrons. The third-order valence-corrected chi connectivity index (χ3v) is 3.03. The third kappa shape index (κ3) is 3.70. The normalized spacial score (nSPS) is 13.2. The Bertz CT molecular complexity index is 435. The van der Waals surface area contributed by atoms with E-state index >= 15 is 0 Å². The molecule has 0 aliphatic rings. The molecule has 1 aromatic rings. The Labute approximate surface area is 115 Å². The first-order chi connectivity index (χ1) is 8.25. The first-order valence-electron chi connectivity index (χ1n) is 6.17. The summed E-state index contributed by atoms with van der Waals surface area (Å²) in [5, 5.41) is 3.87. The summed E-state index contributed by atoms with van der Waals surface area (Å²) in [5.41, 5.74) is 0.774. The van der Waals surface area contributed by atoms with Crippen LogP contribution in [0.3, 0.4) is 0 Å². The van der Waals surface area contributed by atoms with E-state index in [0.717, 1.165) is 23.6 Å². The van der Waals surface area contributed by atoms with Crippen LogP contribution in [0.4, 0.5) is 5.82 Å². The number of rotatable bonds is 4. The van der Waals surface area contributed by atoms with Crippen molar-refractivity contribution in [3.05, 3.63) is 29.2 Å². The molecule has 0 aliphatic carbocycles. The van der Waals surface area contributed by atoms with Crippen molar-refractivity contribution in [3.8, 4) is 0 Å². The van der Waals surface area contributed by atoms with Gasteiger partial charge in [-0.1, -0.05) is 38.4 Å². The molecule has 3 nitrogen and oxygen atoms in total. The Morgan fingerprint density at radius 2 is 2.00 bits per heavy atom. The van der Waals surface area contributed by atoms with Crippen LogP contribution in [0.25, 0.3) is 0 Å². The zero-order valence-electron chi connectivity index (χ0n) is 11.8. The number of halogens is 1. The first kappa shape index (κ1) is 15.0. The van der Waals surface area contributed by atoms with E-state index in [4.69, 9.17) is 11.6 Å². The van der Waals surface area contributed by atoms with Crippen LogP contribution in [0.15, 0.2) is 12.7 Å². The van der Waals surface area contributed by atoms with Gasteiger partial charge in [-0.25, -0.2) is 9.97 Å². The highest BCUT2D eigenvalue weighted by molar-refractivity contribution is 6.30. The van der Waals surface area contributed by atoms with Gasteiger partial charge in [0.15, 0.2) is 0 Å². The van der Waals surface area contributed by atoms with Crippen LogP contribution in [-0.2, 0) is 5.41 Å². The van der Waals surface area contributed by atoms with Gasteiger partial charge in [-0.05, 0) is 20.3 Å². The van der Waals surface area contributed by atoms with Crippen molar-refractivity contribution >= 4 is 17.4 Å². The fourth-order valence-corrected chi connectivity index (χ4v) is 1.68. The van der Waals surface area contributed by atoms with E-state index in [9.17, 15) is 0 Å². The lowest BCUT2D eigenvalue weighted by Gasteiger charge is -2.21. The average Bonchev–Trinajstić information content (AvgIpc) is 2.23. The molecule has 1 aromatic heterocycles. The van der Waals surface area contributed by atoms with Crippen molar-refractivity contribution in [2.45, 2.75) is 52.5 Å². The fraction of sp³-hybridized carbons (Fsp3) is 0.571. The minimum Gasteiger partial charge on any atom is -0.367 e. The molecule has 18 heavy (non-hydrogen) atoms. The highest BCUT2D eigenvalue weighted by Gasteiger charge is 2.21. The van der Waals surface area contributed by atoms with Crippen LogP contribution >= 0.6 is 11.6 Å². The summed E-state index contributed by atoms with van der Waals surface area (Å²) in [5.74, 6) is 1.57. The van der Waals surface area contributed by atoms with E-state index < -0.39 is 0 Å². The van der Waals surface area contributed by atoms with Crippen molar-refractivity contribution in [1.29, 1.82) is 0 Å². The molecule has 100 valence electrons. The summed E-state index contributed by atoms with van der Waals surface area (Å²) >= 11 is 6.17. The molecule has 0 amide bonds. The maximum absolute atomic E-state index is 6.17. The van der Waals surface area contributed by atoms with E-state index in [1.165, 1.54) is 0 Å². The number of anilines is 1. The monoisotopic (exact) mass is 267 g/mol. The summed E-state index contributed by atoms with van der Waals surface area (Å²) in [4.78, 5) is 8.94. The summed E-state index contributed by atoms with van der Waals surface area (Å²) in [6.45, 7) is 14.0. The lowest BCUT2D eigenvalue weighted by molar-refractivity contribution is 0.544. The Kier molecular flexibility index (Phi) is 4.74. The second-order valence-corrected chi connectivity index (χ2v) is 5.99. The predicted octanol–water partition coefficient (Wildman–Crippen LogP) is 4.11. The quantitative estimate of drug-likeness (QED) is 0.659. The van der Waals surface area contributed by atoms with E-state index in [1.54, 1.807) is 0 Å². The van der Waals surface area contributed by atoms with Gasteiger partial charge < -0.3 is 5.32 Å². The molecule has 0 bridgehead atoms. The van der Waals surface area contributed by atoms with E-state index in [0.29, 0.717) is 5.15 Å². The molecule has 4 heteroatoms. The predicted molar refractivity (Wildman–Crippen MR) is 78.4 cm³/mol. The van der Waals surface area contributed by atoms with Crippen LogP contribution in [0.2, 0.25) is 5.15 Å². The Hall–Kier alpha value is -1.09. The first-order valence-corrected chi connectivity index (χ1v) is 6.55. The summed E-state index contributed by atoms with van der Waals surface area (Å²) in [6.07, 6.45) is 2.77. The Morgan fingerprint density at radius 1 is 1.39 bits per heavy atom. The Balaban J connectivity index is 3.10. The molecule has 1 rings (SSSR count). The average molecular weight is 268 g/mol. The van der Waals surface area contributed by atoms with Gasteiger partial charge in [-0.2, -0.15) is 0 Å². The molecule has 0 fully saturated rings. The van der Waals surface area contributed by atoms with Crippen LogP contribution in [0.1, 0.15) is 45.5 Å². The van der Waals surface area contributed by atoms with Gasteiger partial charge in [0.1, 0.15) is 16.8 Å². The molecule has 1 N–H and O–H groups in total. The second-order valence-electron chi connectivity index (χ2n) is 5.63. The smallest absolute Gasteiger partial charge is 0.137 e. The molecule has 1 heterocycles. The number of aromatic nitrogens is 2. The Morgan fingerprint density at radius 3 is 2.50 bits per heavy atom. The standard InChI is InChI=1S/C14H22ClN3/c1-7-8-9(2)16-12-10(3)11(15)17-13(18-12)14(4,5)6/h7,9H,1,8H2,2-6H3,(H,16,17,18). The van der Waals surface area contributed by atoms with E-state index in [-0.39, 0.29) is 11.5 Å². The minimum absolute atomic E-state index is 0.116. The number of hydrogen-bond acceptors (Lipinski definition) is 3.